The summed E-state index contributed by atoms with van der Waals surface area (Å²) in [6.07, 6.45) is 4.30. The zero-order valence-corrected chi connectivity index (χ0v) is 10.8. The Labute approximate surface area is 109 Å². The Morgan fingerprint density at radius 3 is 2.74 bits per heavy atom. The van der Waals surface area contributed by atoms with Crippen molar-refractivity contribution >= 4 is 11.0 Å². The van der Waals surface area contributed by atoms with Crippen LogP contribution in [0.2, 0.25) is 0 Å². The first-order valence-corrected chi connectivity index (χ1v) is 6.19. The van der Waals surface area contributed by atoms with E-state index in [1.54, 1.807) is 24.1 Å². The summed E-state index contributed by atoms with van der Waals surface area (Å²) in [5.74, 6) is 0. The second-order valence-electron chi connectivity index (χ2n) is 4.44. The summed E-state index contributed by atoms with van der Waals surface area (Å²) in [6, 6.07) is 5.77. The van der Waals surface area contributed by atoms with Gasteiger partial charge in [-0.25, -0.2) is 4.98 Å². The number of aromatic amines is 1. The predicted molar refractivity (Wildman–Crippen MR) is 73.9 cm³/mol. The van der Waals surface area contributed by atoms with Crippen molar-refractivity contribution in [3.05, 3.63) is 46.6 Å². The zero-order valence-electron chi connectivity index (χ0n) is 10.8. The van der Waals surface area contributed by atoms with Crippen LogP contribution < -0.4 is 5.56 Å². The monoisotopic (exact) mass is 254 g/mol. The van der Waals surface area contributed by atoms with E-state index >= 15 is 0 Å². The number of nitrogens with one attached hydrogen (secondary N) is 1. The van der Waals surface area contributed by atoms with Crippen LogP contribution in [0, 0.1) is 0 Å². The van der Waals surface area contributed by atoms with Gasteiger partial charge >= 0.3 is 0 Å². The molecule has 0 amide bonds. The van der Waals surface area contributed by atoms with Gasteiger partial charge in [-0.2, -0.15) is 0 Å². The Bertz CT molecular complexity index is 786. The van der Waals surface area contributed by atoms with E-state index in [2.05, 4.69) is 22.0 Å². The summed E-state index contributed by atoms with van der Waals surface area (Å²) in [5.41, 5.74) is 3.59. The third-order valence-corrected chi connectivity index (χ3v) is 3.24. The average Bonchev–Trinajstić information content (AvgIpc) is 2.73. The maximum absolute atomic E-state index is 11.9. The first kappa shape index (κ1) is 11.6. The van der Waals surface area contributed by atoms with Crippen LogP contribution in [-0.2, 0) is 13.5 Å². The minimum Gasteiger partial charge on any atom is -0.271 e. The number of aryl methyl sites for hydroxylation is 2. The third kappa shape index (κ3) is 1.83. The van der Waals surface area contributed by atoms with Crippen molar-refractivity contribution in [3.63, 3.8) is 0 Å². The van der Waals surface area contributed by atoms with Gasteiger partial charge in [-0.05, 0) is 30.2 Å². The van der Waals surface area contributed by atoms with E-state index in [0.29, 0.717) is 11.0 Å². The molecule has 19 heavy (non-hydrogen) atoms. The van der Waals surface area contributed by atoms with E-state index in [1.165, 1.54) is 0 Å². The molecule has 0 spiro atoms. The molecule has 3 aromatic heterocycles. The molecule has 5 heteroatoms. The predicted octanol–water partition coefficient (Wildman–Crippen LogP) is 1.89. The van der Waals surface area contributed by atoms with Crippen molar-refractivity contribution in [1.29, 1.82) is 0 Å². The van der Waals surface area contributed by atoms with Gasteiger partial charge in [0, 0.05) is 25.0 Å². The Balaban J connectivity index is 2.35. The Morgan fingerprint density at radius 2 is 2.05 bits per heavy atom. The van der Waals surface area contributed by atoms with Crippen molar-refractivity contribution in [2.75, 3.05) is 0 Å². The molecular weight excluding hydrogens is 240 g/mol. The number of nitrogens with zero attached hydrogens (tertiary/aromatic N) is 3. The van der Waals surface area contributed by atoms with E-state index in [0.717, 1.165) is 23.2 Å². The van der Waals surface area contributed by atoms with Crippen molar-refractivity contribution in [3.8, 4) is 11.1 Å². The molecule has 0 bridgehead atoms. The normalized spacial score (nSPS) is 11.1. The largest absolute Gasteiger partial charge is 0.273 e. The molecule has 3 rings (SSSR count). The van der Waals surface area contributed by atoms with Crippen LogP contribution in [0.5, 0.6) is 0 Å². The van der Waals surface area contributed by atoms with E-state index in [1.807, 2.05) is 18.2 Å². The molecule has 0 saturated carbocycles. The van der Waals surface area contributed by atoms with Crippen LogP contribution in [0.25, 0.3) is 22.2 Å². The van der Waals surface area contributed by atoms with Gasteiger partial charge in [0.1, 0.15) is 0 Å². The fraction of sp³-hybridized carbons (Fsp3) is 0.214. The van der Waals surface area contributed by atoms with Crippen molar-refractivity contribution in [2.45, 2.75) is 13.3 Å². The molecule has 0 aliphatic carbocycles. The summed E-state index contributed by atoms with van der Waals surface area (Å²) in [5, 5.41) is 3.35. The Kier molecular flexibility index (Phi) is 2.67. The smallest absolute Gasteiger partial charge is 0.271 e. The van der Waals surface area contributed by atoms with Crippen LogP contribution in [-0.4, -0.2) is 19.7 Å². The van der Waals surface area contributed by atoms with Gasteiger partial charge in [-0.3, -0.25) is 19.6 Å². The molecule has 0 radical (unpaired) electrons. The highest BCUT2D eigenvalue weighted by molar-refractivity contribution is 5.82. The zero-order chi connectivity index (χ0) is 13.4. The van der Waals surface area contributed by atoms with Gasteiger partial charge in [0.2, 0.25) is 0 Å². The maximum atomic E-state index is 11.9. The first-order valence-electron chi connectivity index (χ1n) is 6.19. The molecule has 3 heterocycles. The minimum atomic E-state index is -0.108. The fourth-order valence-electron chi connectivity index (χ4n) is 2.28. The number of aromatic nitrogens is 4. The summed E-state index contributed by atoms with van der Waals surface area (Å²) in [6.45, 7) is 2.06. The van der Waals surface area contributed by atoms with Crippen LogP contribution in [0.4, 0.5) is 0 Å². The van der Waals surface area contributed by atoms with E-state index in [9.17, 15) is 4.79 Å². The molecule has 0 saturated heterocycles. The highest BCUT2D eigenvalue weighted by atomic mass is 16.1. The first-order chi connectivity index (χ1) is 9.20. The summed E-state index contributed by atoms with van der Waals surface area (Å²) >= 11 is 0. The molecule has 5 nitrogen and oxygen atoms in total. The van der Waals surface area contributed by atoms with Crippen LogP contribution in [0.1, 0.15) is 12.6 Å². The Hall–Kier alpha value is -2.43. The van der Waals surface area contributed by atoms with E-state index in [4.69, 9.17) is 0 Å². The molecular formula is C14H14N4O. The average molecular weight is 254 g/mol. The summed E-state index contributed by atoms with van der Waals surface area (Å²) in [4.78, 5) is 20.5. The van der Waals surface area contributed by atoms with Gasteiger partial charge in [-0.1, -0.05) is 6.92 Å². The lowest BCUT2D eigenvalue weighted by atomic mass is 10.0. The number of H-pyrrole nitrogens is 1. The highest BCUT2D eigenvalue weighted by Gasteiger charge is 2.12. The second kappa shape index (κ2) is 4.35. The maximum Gasteiger partial charge on any atom is 0.273 e. The van der Waals surface area contributed by atoms with Gasteiger partial charge in [0.15, 0.2) is 5.65 Å². The van der Waals surface area contributed by atoms with Gasteiger partial charge in [0.25, 0.3) is 5.56 Å². The molecule has 0 fully saturated rings. The third-order valence-electron chi connectivity index (χ3n) is 3.24. The number of hydrogen-bond donors (Lipinski definition) is 1. The minimum absolute atomic E-state index is 0.108. The number of hydrogen-bond acceptors (Lipinski definition) is 3. The number of fused-ring (bicyclic) bond motifs is 1. The van der Waals surface area contributed by atoms with Crippen molar-refractivity contribution in [1.82, 2.24) is 19.7 Å². The molecule has 0 unspecified atom stereocenters. The van der Waals surface area contributed by atoms with Gasteiger partial charge in [-0.15, -0.1) is 0 Å². The van der Waals surface area contributed by atoms with Gasteiger partial charge in [0.05, 0.1) is 11.1 Å². The van der Waals surface area contributed by atoms with E-state index in [-0.39, 0.29) is 5.56 Å². The number of rotatable bonds is 2. The molecule has 96 valence electrons. The van der Waals surface area contributed by atoms with Crippen LogP contribution >= 0.6 is 0 Å². The highest BCUT2D eigenvalue weighted by Crippen LogP contribution is 2.25. The molecule has 3 aromatic rings. The lowest BCUT2D eigenvalue weighted by Crippen LogP contribution is -2.01. The topological polar surface area (TPSA) is 63.6 Å². The molecule has 1 N–H and O–H groups in total. The van der Waals surface area contributed by atoms with Gasteiger partial charge < -0.3 is 0 Å². The molecule has 0 atom stereocenters. The second-order valence-corrected chi connectivity index (χ2v) is 4.44. The Morgan fingerprint density at radius 1 is 1.32 bits per heavy atom. The lowest BCUT2D eigenvalue weighted by Gasteiger charge is -2.07. The molecule has 0 aliphatic rings. The SMILES string of the molecule is CCc1nc2c(cc1-c1ccncc1)c(=O)[nH]n2C. The summed E-state index contributed by atoms with van der Waals surface area (Å²) in [7, 11) is 1.79. The van der Waals surface area contributed by atoms with Crippen molar-refractivity contribution in [2.24, 2.45) is 7.05 Å². The molecule has 0 aliphatic heterocycles. The number of pyridine rings is 2. The quantitative estimate of drug-likeness (QED) is 0.759. The van der Waals surface area contributed by atoms with Crippen LogP contribution in [0.3, 0.4) is 0 Å². The van der Waals surface area contributed by atoms with Crippen molar-refractivity contribution < 1.29 is 0 Å². The standard InChI is InChI=1S/C14H14N4O/c1-3-12-10(9-4-6-15-7-5-9)8-11-13(16-12)18(2)17-14(11)19/h4-8H,3H2,1-2H3,(H,17,19). The summed E-state index contributed by atoms with van der Waals surface area (Å²) < 4.78 is 1.66. The lowest BCUT2D eigenvalue weighted by molar-refractivity contribution is 0.771. The van der Waals surface area contributed by atoms with Crippen LogP contribution in [0.15, 0.2) is 35.4 Å². The van der Waals surface area contributed by atoms with E-state index < -0.39 is 0 Å². The molecule has 0 aromatic carbocycles. The fourth-order valence-corrected chi connectivity index (χ4v) is 2.28.